The highest BCUT2D eigenvalue weighted by atomic mass is 79.9. The lowest BCUT2D eigenvalue weighted by Crippen LogP contribution is -2.08. The van der Waals surface area contributed by atoms with Crippen molar-refractivity contribution in [3.05, 3.63) is 18.2 Å². The van der Waals surface area contributed by atoms with Gasteiger partial charge in [-0.05, 0) is 12.8 Å². The van der Waals surface area contributed by atoms with E-state index >= 15 is 0 Å². The van der Waals surface area contributed by atoms with Gasteiger partial charge in [0, 0.05) is 24.3 Å². The largest absolute Gasteiger partial charge is 0.335 e. The van der Waals surface area contributed by atoms with Crippen molar-refractivity contribution < 1.29 is 0 Å². The Bertz CT molecular complexity index is 220. The van der Waals surface area contributed by atoms with Crippen molar-refractivity contribution in [1.29, 1.82) is 0 Å². The van der Waals surface area contributed by atoms with Gasteiger partial charge in [-0.15, -0.1) is 0 Å². The third kappa shape index (κ3) is 2.33. The Kier molecular flexibility index (Phi) is 3.12. The molecule has 1 unspecified atom stereocenters. The Morgan fingerprint density at radius 2 is 2.45 bits per heavy atom. The molecule has 0 aromatic carbocycles. The van der Waals surface area contributed by atoms with E-state index < -0.39 is 0 Å². The van der Waals surface area contributed by atoms with Gasteiger partial charge < -0.3 is 4.57 Å². The van der Waals surface area contributed by atoms with E-state index in [1.807, 2.05) is 19.3 Å². The number of nitrogens with zero attached hydrogens (tertiary/aromatic N) is 2. The topological polar surface area (TPSA) is 17.8 Å². The fraction of sp³-hybridized carbons (Fsp3) is 0.625. The summed E-state index contributed by atoms with van der Waals surface area (Å²) >= 11 is 3.45. The van der Waals surface area contributed by atoms with Crippen molar-refractivity contribution >= 4 is 15.9 Å². The van der Waals surface area contributed by atoms with Crippen molar-refractivity contribution in [2.24, 2.45) is 5.92 Å². The van der Waals surface area contributed by atoms with Crippen LogP contribution < -0.4 is 0 Å². The molecule has 1 atom stereocenters. The van der Waals surface area contributed by atoms with Crippen LogP contribution in [0.3, 0.4) is 0 Å². The minimum Gasteiger partial charge on any atom is -0.335 e. The molecule has 1 heterocycles. The zero-order valence-electron chi connectivity index (χ0n) is 6.92. The monoisotopic (exact) mass is 216 g/mol. The van der Waals surface area contributed by atoms with Gasteiger partial charge >= 0.3 is 0 Å². The molecule has 62 valence electrons. The number of hydrogen-bond acceptors (Lipinski definition) is 1. The summed E-state index contributed by atoms with van der Waals surface area (Å²) in [7, 11) is 0. The molecule has 0 saturated heterocycles. The Labute approximate surface area is 75.8 Å². The summed E-state index contributed by atoms with van der Waals surface area (Å²) in [5, 5.41) is 1.05. The molecule has 3 heteroatoms. The quantitative estimate of drug-likeness (QED) is 0.710. The van der Waals surface area contributed by atoms with Gasteiger partial charge in [-0.3, -0.25) is 0 Å². The number of rotatable bonds is 3. The minimum absolute atomic E-state index is 0.669. The second kappa shape index (κ2) is 3.90. The molecular weight excluding hydrogens is 204 g/mol. The molecule has 1 rings (SSSR count). The lowest BCUT2D eigenvalue weighted by molar-refractivity contribution is 0.523. The third-order valence-corrected chi connectivity index (χ3v) is 2.80. The fourth-order valence-corrected chi connectivity index (χ4v) is 1.19. The van der Waals surface area contributed by atoms with Crippen LogP contribution in [0.2, 0.25) is 0 Å². The average molecular weight is 217 g/mol. The molecule has 2 nitrogen and oxygen atoms in total. The van der Waals surface area contributed by atoms with Crippen molar-refractivity contribution in [2.45, 2.75) is 20.4 Å². The summed E-state index contributed by atoms with van der Waals surface area (Å²) in [6.07, 6.45) is 3.87. The Morgan fingerprint density at radius 3 is 2.91 bits per heavy atom. The highest BCUT2D eigenvalue weighted by Crippen LogP contribution is 2.05. The first kappa shape index (κ1) is 8.78. The molecule has 0 saturated carbocycles. The molecule has 0 spiro atoms. The second-order valence-corrected chi connectivity index (χ2v) is 3.53. The van der Waals surface area contributed by atoms with E-state index in [1.165, 1.54) is 0 Å². The van der Waals surface area contributed by atoms with E-state index in [4.69, 9.17) is 0 Å². The van der Waals surface area contributed by atoms with E-state index in [-0.39, 0.29) is 0 Å². The van der Waals surface area contributed by atoms with Gasteiger partial charge in [0.15, 0.2) is 0 Å². The number of halogens is 1. The van der Waals surface area contributed by atoms with Crippen LogP contribution in [-0.2, 0) is 6.54 Å². The van der Waals surface area contributed by atoms with Crippen LogP contribution in [0.5, 0.6) is 0 Å². The summed E-state index contributed by atoms with van der Waals surface area (Å²) in [5.41, 5.74) is 0. The molecule has 0 aliphatic carbocycles. The first-order chi connectivity index (χ1) is 5.24. The first-order valence-electron chi connectivity index (χ1n) is 3.77. The van der Waals surface area contributed by atoms with Crippen LogP contribution in [-0.4, -0.2) is 14.9 Å². The zero-order chi connectivity index (χ0) is 8.27. The third-order valence-electron chi connectivity index (χ3n) is 1.70. The van der Waals surface area contributed by atoms with Crippen molar-refractivity contribution in [3.63, 3.8) is 0 Å². The molecule has 0 N–H and O–H groups in total. The number of aromatic nitrogens is 2. The standard InChI is InChI=1S/C8H13BrN2/c1-7(5-9)6-11-4-3-10-8(11)2/h3-4,7H,5-6H2,1-2H3. The summed E-state index contributed by atoms with van der Waals surface area (Å²) in [6, 6.07) is 0. The maximum absolute atomic E-state index is 4.15. The molecular formula is C8H13BrN2. The normalized spacial score (nSPS) is 13.4. The molecule has 0 amide bonds. The first-order valence-corrected chi connectivity index (χ1v) is 4.90. The van der Waals surface area contributed by atoms with Crippen molar-refractivity contribution in [2.75, 3.05) is 5.33 Å². The second-order valence-electron chi connectivity index (χ2n) is 2.89. The smallest absolute Gasteiger partial charge is 0.105 e. The SMILES string of the molecule is Cc1nccn1CC(C)CBr. The zero-order valence-corrected chi connectivity index (χ0v) is 8.50. The van der Waals surface area contributed by atoms with E-state index in [0.717, 1.165) is 17.7 Å². The minimum atomic E-state index is 0.669. The Balaban J connectivity index is 2.56. The van der Waals surface area contributed by atoms with Gasteiger partial charge in [0.2, 0.25) is 0 Å². The van der Waals surface area contributed by atoms with Crippen LogP contribution in [0.1, 0.15) is 12.7 Å². The van der Waals surface area contributed by atoms with Gasteiger partial charge in [-0.2, -0.15) is 0 Å². The average Bonchev–Trinajstić information content (AvgIpc) is 2.37. The number of hydrogen-bond donors (Lipinski definition) is 0. The van der Waals surface area contributed by atoms with E-state index in [9.17, 15) is 0 Å². The lowest BCUT2D eigenvalue weighted by Gasteiger charge is -2.09. The molecule has 1 aromatic heterocycles. The van der Waals surface area contributed by atoms with Crippen LogP contribution in [0, 0.1) is 12.8 Å². The molecule has 0 fully saturated rings. The summed E-state index contributed by atoms with van der Waals surface area (Å²) in [4.78, 5) is 4.15. The predicted octanol–water partition coefficient (Wildman–Crippen LogP) is 2.22. The number of alkyl halides is 1. The van der Waals surface area contributed by atoms with E-state index in [0.29, 0.717) is 5.92 Å². The van der Waals surface area contributed by atoms with Gasteiger partial charge in [0.1, 0.15) is 5.82 Å². The summed E-state index contributed by atoms with van der Waals surface area (Å²) in [6.45, 7) is 5.30. The van der Waals surface area contributed by atoms with Gasteiger partial charge in [0.05, 0.1) is 0 Å². The van der Waals surface area contributed by atoms with Gasteiger partial charge in [-0.25, -0.2) is 4.98 Å². The molecule has 0 bridgehead atoms. The van der Waals surface area contributed by atoms with Crippen LogP contribution in [0.15, 0.2) is 12.4 Å². The summed E-state index contributed by atoms with van der Waals surface area (Å²) < 4.78 is 2.17. The fourth-order valence-electron chi connectivity index (χ4n) is 0.981. The molecule has 1 aromatic rings. The Hall–Kier alpha value is -0.310. The highest BCUT2D eigenvalue weighted by molar-refractivity contribution is 9.09. The maximum atomic E-state index is 4.15. The Morgan fingerprint density at radius 1 is 1.73 bits per heavy atom. The van der Waals surface area contributed by atoms with Crippen LogP contribution >= 0.6 is 15.9 Å². The predicted molar refractivity (Wildman–Crippen MR) is 49.9 cm³/mol. The molecule has 11 heavy (non-hydrogen) atoms. The number of imidazole rings is 1. The van der Waals surface area contributed by atoms with Gasteiger partial charge in [-0.1, -0.05) is 22.9 Å². The van der Waals surface area contributed by atoms with Crippen LogP contribution in [0.25, 0.3) is 0 Å². The molecule has 0 radical (unpaired) electrons. The van der Waals surface area contributed by atoms with Crippen molar-refractivity contribution in [1.82, 2.24) is 9.55 Å². The number of aryl methyl sites for hydroxylation is 1. The highest BCUT2D eigenvalue weighted by Gasteiger charge is 2.02. The van der Waals surface area contributed by atoms with Crippen LogP contribution in [0.4, 0.5) is 0 Å². The van der Waals surface area contributed by atoms with E-state index in [2.05, 4.69) is 32.4 Å². The summed E-state index contributed by atoms with van der Waals surface area (Å²) in [5.74, 6) is 1.76. The van der Waals surface area contributed by atoms with Crippen molar-refractivity contribution in [3.8, 4) is 0 Å². The molecule has 0 aliphatic heterocycles. The maximum Gasteiger partial charge on any atom is 0.105 e. The van der Waals surface area contributed by atoms with E-state index in [1.54, 1.807) is 0 Å². The molecule has 0 aliphatic rings. The lowest BCUT2D eigenvalue weighted by atomic mass is 10.2. The van der Waals surface area contributed by atoms with Gasteiger partial charge in [0.25, 0.3) is 0 Å².